The minimum Gasteiger partial charge on any atom is -0.352 e. The van der Waals surface area contributed by atoms with E-state index in [1.165, 1.54) is 6.07 Å². The van der Waals surface area contributed by atoms with Gasteiger partial charge in [0.05, 0.1) is 10.6 Å². The van der Waals surface area contributed by atoms with E-state index in [1.807, 2.05) is 37.2 Å². The first kappa shape index (κ1) is 23.1. The Bertz CT molecular complexity index is 1370. The molecule has 0 saturated carbocycles. The average Bonchev–Trinajstić information content (AvgIpc) is 3.46. The molecule has 1 saturated heterocycles. The monoisotopic (exact) mass is 491 g/mol. The number of rotatable bonds is 8. The summed E-state index contributed by atoms with van der Waals surface area (Å²) >= 11 is 1.62. The number of hydrogen-bond donors (Lipinski definition) is 2. The van der Waals surface area contributed by atoms with Crippen LogP contribution in [-0.2, 0) is 6.54 Å². The Morgan fingerprint density at radius 3 is 2.89 bits per heavy atom. The Labute approximate surface area is 206 Å². The molecule has 0 unspecified atom stereocenters. The summed E-state index contributed by atoms with van der Waals surface area (Å²) in [5, 5.41) is 7.08. The molecule has 1 aliphatic heterocycles. The van der Waals surface area contributed by atoms with E-state index in [1.54, 1.807) is 28.6 Å². The summed E-state index contributed by atoms with van der Waals surface area (Å²) in [6.45, 7) is 3.21. The Hall–Kier alpha value is -3.63. The van der Waals surface area contributed by atoms with Crippen molar-refractivity contribution in [1.82, 2.24) is 30.1 Å². The van der Waals surface area contributed by atoms with Gasteiger partial charge < -0.3 is 20.4 Å². The summed E-state index contributed by atoms with van der Waals surface area (Å²) < 4.78 is 15.2. The molecule has 1 aliphatic rings. The van der Waals surface area contributed by atoms with Crippen LogP contribution >= 0.6 is 11.3 Å². The van der Waals surface area contributed by atoms with Crippen molar-refractivity contribution >= 4 is 33.4 Å². The molecular weight excluding hydrogens is 465 g/mol. The average molecular weight is 492 g/mol. The van der Waals surface area contributed by atoms with Crippen molar-refractivity contribution in [2.45, 2.75) is 6.54 Å². The van der Waals surface area contributed by atoms with Crippen LogP contribution in [-0.4, -0.2) is 71.1 Å². The first-order chi connectivity index (χ1) is 17.0. The van der Waals surface area contributed by atoms with Gasteiger partial charge in [-0.3, -0.25) is 0 Å². The molecule has 0 spiro atoms. The van der Waals surface area contributed by atoms with Gasteiger partial charge in [0.2, 0.25) is 11.9 Å². The van der Waals surface area contributed by atoms with Crippen LogP contribution in [0.5, 0.6) is 0 Å². The molecule has 2 N–H and O–H groups in total. The number of anilines is 1. The molecule has 0 atom stereocenters. The lowest BCUT2D eigenvalue weighted by Gasteiger charge is -2.14. The van der Waals surface area contributed by atoms with Crippen molar-refractivity contribution in [2.75, 3.05) is 45.6 Å². The second-order valence-electron chi connectivity index (χ2n) is 8.65. The third-order valence-electron chi connectivity index (χ3n) is 5.79. The normalized spacial score (nSPS) is 13.6. The molecular formula is C25H26FN7OS. The van der Waals surface area contributed by atoms with Crippen molar-refractivity contribution in [3.63, 3.8) is 0 Å². The predicted molar refractivity (Wildman–Crippen MR) is 137 cm³/mol. The number of urea groups is 1. The second kappa shape index (κ2) is 9.93. The van der Waals surface area contributed by atoms with Crippen LogP contribution in [0.1, 0.15) is 5.56 Å². The number of amides is 2. The standard InChI is InChI=1S/C25H26FN7OS/c1-32(2)15-17-14-30-22(26)13-19(17)18-5-3-4-16-12-21(35-23(16)18)20-6-7-27-24(31-20)28-8-10-33-11-9-29-25(33)34/h3-7,12-14H,8-11,15H2,1-2H3,(H,29,34)(H,27,28,31). The van der Waals surface area contributed by atoms with Crippen molar-refractivity contribution in [1.29, 1.82) is 0 Å². The fourth-order valence-electron chi connectivity index (χ4n) is 4.19. The molecule has 3 aromatic heterocycles. The molecule has 0 radical (unpaired) electrons. The maximum atomic E-state index is 14.1. The Balaban J connectivity index is 1.43. The van der Waals surface area contributed by atoms with Gasteiger partial charge in [-0.1, -0.05) is 18.2 Å². The zero-order valence-electron chi connectivity index (χ0n) is 19.6. The number of pyridine rings is 1. The van der Waals surface area contributed by atoms with Crippen molar-refractivity contribution in [2.24, 2.45) is 0 Å². The van der Waals surface area contributed by atoms with Crippen molar-refractivity contribution in [3.8, 4) is 21.7 Å². The Morgan fingerprint density at radius 2 is 2.09 bits per heavy atom. The highest BCUT2D eigenvalue weighted by molar-refractivity contribution is 7.22. The molecule has 4 heterocycles. The molecule has 180 valence electrons. The number of nitrogens with zero attached hydrogens (tertiary/aromatic N) is 5. The van der Waals surface area contributed by atoms with Gasteiger partial charge in [0.25, 0.3) is 0 Å². The lowest BCUT2D eigenvalue weighted by molar-refractivity contribution is 0.219. The molecule has 1 fully saturated rings. The number of carbonyl (C=O) groups excluding carboxylic acids is 1. The largest absolute Gasteiger partial charge is 0.352 e. The minimum atomic E-state index is -0.491. The molecule has 35 heavy (non-hydrogen) atoms. The van der Waals surface area contributed by atoms with Crippen LogP contribution in [0, 0.1) is 5.95 Å². The SMILES string of the molecule is CN(C)Cc1cnc(F)cc1-c1cccc2cc(-c3ccnc(NCCN4CCNC4=O)n3)sc12. The van der Waals surface area contributed by atoms with E-state index in [4.69, 9.17) is 0 Å². The van der Waals surface area contributed by atoms with E-state index in [9.17, 15) is 9.18 Å². The third kappa shape index (κ3) is 5.08. The quantitative estimate of drug-likeness (QED) is 0.362. The van der Waals surface area contributed by atoms with Gasteiger partial charge in [0, 0.05) is 61.4 Å². The van der Waals surface area contributed by atoms with Gasteiger partial charge >= 0.3 is 6.03 Å². The van der Waals surface area contributed by atoms with E-state index in [2.05, 4.69) is 37.7 Å². The summed E-state index contributed by atoms with van der Waals surface area (Å²) in [7, 11) is 3.97. The number of thiophene rings is 1. The lowest BCUT2D eigenvalue weighted by atomic mass is 10.00. The smallest absolute Gasteiger partial charge is 0.317 e. The molecule has 5 rings (SSSR count). The highest BCUT2D eigenvalue weighted by Gasteiger charge is 2.19. The topological polar surface area (TPSA) is 86.3 Å². The van der Waals surface area contributed by atoms with E-state index in [-0.39, 0.29) is 6.03 Å². The Kier molecular flexibility index (Phi) is 6.56. The van der Waals surface area contributed by atoms with Crippen LogP contribution in [0.2, 0.25) is 0 Å². The molecule has 0 aliphatic carbocycles. The number of fused-ring (bicyclic) bond motifs is 1. The number of halogens is 1. The highest BCUT2D eigenvalue weighted by atomic mass is 32.1. The zero-order chi connectivity index (χ0) is 24.4. The Morgan fingerprint density at radius 1 is 1.20 bits per heavy atom. The van der Waals surface area contributed by atoms with Crippen LogP contribution in [0.3, 0.4) is 0 Å². The summed E-state index contributed by atoms with van der Waals surface area (Å²) in [5.41, 5.74) is 3.61. The van der Waals surface area contributed by atoms with Crippen molar-refractivity contribution in [3.05, 3.63) is 60.3 Å². The fraction of sp³-hybridized carbons (Fsp3) is 0.280. The summed E-state index contributed by atoms with van der Waals surface area (Å²) in [4.78, 5) is 29.4. The van der Waals surface area contributed by atoms with E-state index in [0.717, 1.165) is 37.3 Å². The summed E-state index contributed by atoms with van der Waals surface area (Å²) in [5.74, 6) is 0.0264. The fourth-order valence-corrected chi connectivity index (χ4v) is 5.34. The van der Waals surface area contributed by atoms with E-state index >= 15 is 0 Å². The van der Waals surface area contributed by atoms with Crippen LogP contribution in [0.25, 0.3) is 31.8 Å². The maximum absolute atomic E-state index is 14.1. The molecule has 2 amide bonds. The van der Waals surface area contributed by atoms with Crippen LogP contribution in [0.15, 0.2) is 48.8 Å². The van der Waals surface area contributed by atoms with E-state index in [0.29, 0.717) is 38.7 Å². The molecule has 1 aromatic carbocycles. The third-order valence-corrected chi connectivity index (χ3v) is 7.00. The summed E-state index contributed by atoms with van der Waals surface area (Å²) in [6, 6.07) is 11.5. The van der Waals surface area contributed by atoms with Gasteiger partial charge in [-0.2, -0.15) is 4.39 Å². The first-order valence-corrected chi connectivity index (χ1v) is 12.2. The number of carbonyl (C=O) groups is 1. The van der Waals surface area contributed by atoms with Crippen LogP contribution in [0.4, 0.5) is 15.1 Å². The number of benzene rings is 1. The number of aromatic nitrogens is 3. The maximum Gasteiger partial charge on any atom is 0.317 e. The number of hydrogen-bond acceptors (Lipinski definition) is 7. The van der Waals surface area contributed by atoms with E-state index < -0.39 is 5.95 Å². The molecule has 0 bridgehead atoms. The van der Waals surface area contributed by atoms with Gasteiger partial charge in [-0.05, 0) is 42.7 Å². The van der Waals surface area contributed by atoms with Gasteiger partial charge in [-0.25, -0.2) is 19.7 Å². The van der Waals surface area contributed by atoms with Gasteiger partial charge in [0.1, 0.15) is 0 Å². The van der Waals surface area contributed by atoms with Gasteiger partial charge in [0.15, 0.2) is 0 Å². The molecule has 8 nitrogen and oxygen atoms in total. The van der Waals surface area contributed by atoms with Crippen molar-refractivity contribution < 1.29 is 9.18 Å². The lowest BCUT2D eigenvalue weighted by Crippen LogP contribution is -2.32. The first-order valence-electron chi connectivity index (χ1n) is 11.4. The predicted octanol–water partition coefficient (Wildman–Crippen LogP) is 4.06. The zero-order valence-corrected chi connectivity index (χ0v) is 20.4. The molecule has 4 aromatic rings. The minimum absolute atomic E-state index is 0.0367. The van der Waals surface area contributed by atoms with Gasteiger partial charge in [-0.15, -0.1) is 11.3 Å². The summed E-state index contributed by atoms with van der Waals surface area (Å²) in [6.07, 6.45) is 3.35. The second-order valence-corrected chi connectivity index (χ2v) is 9.70. The number of nitrogens with one attached hydrogen (secondary N) is 2. The molecule has 10 heteroatoms. The highest BCUT2D eigenvalue weighted by Crippen LogP contribution is 2.40. The van der Waals surface area contributed by atoms with Crippen LogP contribution < -0.4 is 10.6 Å².